The number of halogens is 1. The molecule has 1 aromatic carbocycles. The summed E-state index contributed by atoms with van der Waals surface area (Å²) in [6.45, 7) is 0. The molecule has 0 bridgehead atoms. The van der Waals surface area contributed by atoms with Gasteiger partial charge in [0.2, 0.25) is 0 Å². The van der Waals surface area contributed by atoms with Crippen molar-refractivity contribution in [3.05, 3.63) is 24.0 Å². The van der Waals surface area contributed by atoms with Crippen LogP contribution >= 0.6 is 0 Å². The third-order valence-corrected chi connectivity index (χ3v) is 2.65. The maximum Gasteiger partial charge on any atom is 0.188 e. The summed E-state index contributed by atoms with van der Waals surface area (Å²) >= 11 is 0. The van der Waals surface area contributed by atoms with E-state index in [0.29, 0.717) is 17.5 Å². The molecule has 0 saturated heterocycles. The first-order chi connectivity index (χ1) is 6.81. The Hall–Kier alpha value is -1.25. The van der Waals surface area contributed by atoms with Crippen LogP contribution in [0.3, 0.4) is 0 Å². The molecule has 2 rings (SSSR count). The van der Waals surface area contributed by atoms with E-state index in [0.717, 1.165) is 12.8 Å². The van der Waals surface area contributed by atoms with Crippen molar-refractivity contribution < 1.29 is 9.13 Å². The molecule has 1 aromatic rings. The molecule has 0 atom stereocenters. The largest absolute Gasteiger partial charge is 0.494 e. The molecule has 1 saturated carbocycles. The molecule has 1 aliphatic rings. The van der Waals surface area contributed by atoms with E-state index < -0.39 is 0 Å². The van der Waals surface area contributed by atoms with Crippen LogP contribution in [0.15, 0.2) is 18.2 Å². The van der Waals surface area contributed by atoms with Crippen molar-refractivity contribution in [2.75, 3.05) is 12.4 Å². The Bertz CT molecular complexity index is 323. The standard InChI is InChI=1S/C11H14FNO/c1-14-10-7-3-6-9(11(10)12)13-8-4-2-5-8/h3,6-8,13H,2,4-5H2,1H3. The maximum absolute atomic E-state index is 13.6. The minimum absolute atomic E-state index is 0.290. The zero-order valence-electron chi connectivity index (χ0n) is 8.22. The summed E-state index contributed by atoms with van der Waals surface area (Å²) in [6, 6.07) is 5.61. The van der Waals surface area contributed by atoms with Crippen molar-refractivity contribution in [1.29, 1.82) is 0 Å². The lowest BCUT2D eigenvalue weighted by Crippen LogP contribution is -2.27. The summed E-state index contributed by atoms with van der Waals surface area (Å²) in [7, 11) is 1.48. The minimum atomic E-state index is -0.290. The number of hydrogen-bond donors (Lipinski definition) is 1. The number of ether oxygens (including phenoxy) is 1. The van der Waals surface area contributed by atoms with Crippen molar-refractivity contribution in [1.82, 2.24) is 0 Å². The van der Waals surface area contributed by atoms with Crippen molar-refractivity contribution in [3.63, 3.8) is 0 Å². The summed E-state index contributed by atoms with van der Waals surface area (Å²) in [6.07, 6.45) is 3.51. The van der Waals surface area contributed by atoms with E-state index in [2.05, 4.69) is 5.32 Å². The molecule has 76 valence electrons. The van der Waals surface area contributed by atoms with Crippen LogP contribution in [0.5, 0.6) is 5.75 Å². The average Bonchev–Trinajstić information content (AvgIpc) is 2.13. The molecule has 14 heavy (non-hydrogen) atoms. The van der Waals surface area contributed by atoms with Gasteiger partial charge in [-0.05, 0) is 31.4 Å². The van der Waals surface area contributed by atoms with Crippen molar-refractivity contribution in [2.24, 2.45) is 0 Å². The third kappa shape index (κ3) is 1.67. The fourth-order valence-corrected chi connectivity index (χ4v) is 1.55. The first kappa shape index (κ1) is 9.31. The van der Waals surface area contributed by atoms with Gasteiger partial charge in [0.05, 0.1) is 12.8 Å². The molecule has 1 fully saturated rings. The van der Waals surface area contributed by atoms with Gasteiger partial charge >= 0.3 is 0 Å². The van der Waals surface area contributed by atoms with Gasteiger partial charge in [-0.2, -0.15) is 0 Å². The highest BCUT2D eigenvalue weighted by atomic mass is 19.1. The Labute approximate surface area is 83.1 Å². The third-order valence-electron chi connectivity index (χ3n) is 2.65. The van der Waals surface area contributed by atoms with Gasteiger partial charge in [0.1, 0.15) is 0 Å². The van der Waals surface area contributed by atoms with Gasteiger partial charge < -0.3 is 10.1 Å². The molecule has 3 heteroatoms. The quantitative estimate of drug-likeness (QED) is 0.800. The molecule has 0 unspecified atom stereocenters. The highest BCUT2D eigenvalue weighted by Crippen LogP contribution is 2.28. The lowest BCUT2D eigenvalue weighted by molar-refractivity contribution is 0.385. The summed E-state index contributed by atoms with van der Waals surface area (Å²) in [5.74, 6) is 0.0104. The van der Waals surface area contributed by atoms with Crippen LogP contribution in [0, 0.1) is 5.82 Å². The van der Waals surface area contributed by atoms with E-state index in [9.17, 15) is 4.39 Å². The molecule has 0 heterocycles. The number of nitrogens with one attached hydrogen (secondary N) is 1. The minimum Gasteiger partial charge on any atom is -0.494 e. The molecule has 0 aliphatic heterocycles. The van der Waals surface area contributed by atoms with Gasteiger partial charge in [-0.1, -0.05) is 6.07 Å². The molecular formula is C11H14FNO. The monoisotopic (exact) mass is 195 g/mol. The number of hydrogen-bond acceptors (Lipinski definition) is 2. The van der Waals surface area contributed by atoms with Crippen LogP contribution in [0.25, 0.3) is 0 Å². The molecule has 0 amide bonds. The lowest BCUT2D eigenvalue weighted by Gasteiger charge is -2.27. The summed E-state index contributed by atoms with van der Waals surface area (Å²) in [4.78, 5) is 0. The summed E-state index contributed by atoms with van der Waals surface area (Å²) < 4.78 is 18.5. The van der Waals surface area contributed by atoms with Crippen LogP contribution in [0.2, 0.25) is 0 Å². The number of benzene rings is 1. The summed E-state index contributed by atoms with van der Waals surface area (Å²) in [5, 5.41) is 3.17. The SMILES string of the molecule is COc1cccc(NC2CCC2)c1F. The van der Waals surface area contributed by atoms with Crippen LogP contribution in [-0.2, 0) is 0 Å². The number of anilines is 1. The van der Waals surface area contributed by atoms with E-state index in [4.69, 9.17) is 4.74 Å². The van der Waals surface area contributed by atoms with E-state index in [1.54, 1.807) is 18.2 Å². The molecule has 0 spiro atoms. The topological polar surface area (TPSA) is 21.3 Å². The van der Waals surface area contributed by atoms with E-state index >= 15 is 0 Å². The molecule has 1 aliphatic carbocycles. The Balaban J connectivity index is 2.15. The van der Waals surface area contributed by atoms with Gasteiger partial charge in [0.15, 0.2) is 11.6 Å². The van der Waals surface area contributed by atoms with E-state index in [1.807, 2.05) is 0 Å². The van der Waals surface area contributed by atoms with Crippen molar-refractivity contribution in [3.8, 4) is 5.75 Å². The fraction of sp³-hybridized carbons (Fsp3) is 0.455. The summed E-state index contributed by atoms with van der Waals surface area (Å²) in [5.41, 5.74) is 0.550. The normalized spacial score (nSPS) is 16.1. The molecule has 2 nitrogen and oxygen atoms in total. The van der Waals surface area contributed by atoms with E-state index in [-0.39, 0.29) is 5.82 Å². The average molecular weight is 195 g/mol. The fourth-order valence-electron chi connectivity index (χ4n) is 1.55. The van der Waals surface area contributed by atoms with E-state index in [1.165, 1.54) is 13.5 Å². The van der Waals surface area contributed by atoms with Gasteiger partial charge in [0.25, 0.3) is 0 Å². The van der Waals surface area contributed by atoms with Gasteiger partial charge in [-0.25, -0.2) is 4.39 Å². The zero-order chi connectivity index (χ0) is 9.97. The van der Waals surface area contributed by atoms with Crippen LogP contribution < -0.4 is 10.1 Å². The predicted octanol–water partition coefficient (Wildman–Crippen LogP) is 2.80. The second kappa shape index (κ2) is 3.86. The Kier molecular flexibility index (Phi) is 2.57. The number of rotatable bonds is 3. The zero-order valence-corrected chi connectivity index (χ0v) is 8.22. The lowest BCUT2D eigenvalue weighted by atomic mass is 9.93. The molecular weight excluding hydrogens is 181 g/mol. The highest BCUT2D eigenvalue weighted by Gasteiger charge is 2.19. The first-order valence-electron chi connectivity index (χ1n) is 4.90. The Morgan fingerprint density at radius 2 is 2.21 bits per heavy atom. The molecule has 0 radical (unpaired) electrons. The second-order valence-electron chi connectivity index (χ2n) is 3.59. The number of methoxy groups -OCH3 is 1. The van der Waals surface area contributed by atoms with Crippen molar-refractivity contribution >= 4 is 5.69 Å². The van der Waals surface area contributed by atoms with Gasteiger partial charge in [0, 0.05) is 6.04 Å². The second-order valence-corrected chi connectivity index (χ2v) is 3.59. The maximum atomic E-state index is 13.6. The van der Waals surface area contributed by atoms with Gasteiger partial charge in [-0.3, -0.25) is 0 Å². The van der Waals surface area contributed by atoms with Crippen LogP contribution in [0.4, 0.5) is 10.1 Å². The van der Waals surface area contributed by atoms with Gasteiger partial charge in [-0.15, -0.1) is 0 Å². The molecule has 0 aromatic heterocycles. The van der Waals surface area contributed by atoms with Crippen LogP contribution in [-0.4, -0.2) is 13.2 Å². The predicted molar refractivity (Wildman–Crippen MR) is 54.2 cm³/mol. The van der Waals surface area contributed by atoms with Crippen LogP contribution in [0.1, 0.15) is 19.3 Å². The van der Waals surface area contributed by atoms with Crippen molar-refractivity contribution in [2.45, 2.75) is 25.3 Å². The Morgan fingerprint density at radius 1 is 1.43 bits per heavy atom. The molecule has 1 N–H and O–H groups in total. The smallest absolute Gasteiger partial charge is 0.188 e. The Morgan fingerprint density at radius 3 is 2.79 bits per heavy atom. The highest BCUT2D eigenvalue weighted by molar-refractivity contribution is 5.51. The first-order valence-corrected chi connectivity index (χ1v) is 4.90.